The minimum atomic E-state index is -0.426. The van der Waals surface area contributed by atoms with Crippen molar-refractivity contribution in [3.8, 4) is 0 Å². The van der Waals surface area contributed by atoms with E-state index in [1.54, 1.807) is 12.1 Å². The highest BCUT2D eigenvalue weighted by atomic mass is 16.6. The zero-order valence-corrected chi connectivity index (χ0v) is 11.9. The Morgan fingerprint density at radius 1 is 1.18 bits per heavy atom. The SMILES string of the molecule is C/C(=N/Nc1ccc([N+](=O)[O-])cc1)c1c[nH]c2ccccc12. The predicted molar refractivity (Wildman–Crippen MR) is 87.2 cm³/mol. The van der Waals surface area contributed by atoms with Crippen LogP contribution in [0.3, 0.4) is 0 Å². The van der Waals surface area contributed by atoms with Crippen molar-refractivity contribution in [3.05, 3.63) is 70.4 Å². The molecule has 6 nitrogen and oxygen atoms in total. The molecule has 3 aromatic rings. The maximum atomic E-state index is 10.6. The van der Waals surface area contributed by atoms with Crippen molar-refractivity contribution in [2.24, 2.45) is 5.10 Å². The van der Waals surface area contributed by atoms with Crippen molar-refractivity contribution in [3.63, 3.8) is 0 Å². The first-order valence-corrected chi connectivity index (χ1v) is 6.76. The number of non-ortho nitro benzene ring substituents is 1. The summed E-state index contributed by atoms with van der Waals surface area (Å²) in [6, 6.07) is 14.1. The first-order valence-electron chi connectivity index (χ1n) is 6.76. The quantitative estimate of drug-likeness (QED) is 0.434. The molecular formula is C16H14N4O2. The summed E-state index contributed by atoms with van der Waals surface area (Å²) < 4.78 is 0. The average Bonchev–Trinajstić information content (AvgIpc) is 2.97. The molecule has 1 heterocycles. The third-order valence-corrected chi connectivity index (χ3v) is 3.41. The Bertz CT molecular complexity index is 850. The molecule has 0 saturated heterocycles. The van der Waals surface area contributed by atoms with Gasteiger partial charge >= 0.3 is 0 Å². The number of hydrogen-bond acceptors (Lipinski definition) is 4. The van der Waals surface area contributed by atoms with E-state index in [1.165, 1.54) is 12.1 Å². The molecule has 3 rings (SSSR count). The highest BCUT2D eigenvalue weighted by molar-refractivity contribution is 6.09. The van der Waals surface area contributed by atoms with E-state index in [0.717, 1.165) is 22.2 Å². The number of anilines is 1. The maximum Gasteiger partial charge on any atom is 0.269 e. The second-order valence-electron chi connectivity index (χ2n) is 4.86. The maximum absolute atomic E-state index is 10.6. The lowest BCUT2D eigenvalue weighted by atomic mass is 10.1. The van der Waals surface area contributed by atoms with E-state index in [0.29, 0.717) is 5.69 Å². The van der Waals surface area contributed by atoms with Crippen LogP contribution in [0, 0.1) is 10.1 Å². The lowest BCUT2D eigenvalue weighted by Crippen LogP contribution is -1.99. The van der Waals surface area contributed by atoms with E-state index in [4.69, 9.17) is 0 Å². The van der Waals surface area contributed by atoms with E-state index in [2.05, 4.69) is 15.5 Å². The molecule has 0 aliphatic rings. The van der Waals surface area contributed by atoms with Crippen molar-refractivity contribution in [1.82, 2.24) is 4.98 Å². The number of nitrogens with zero attached hydrogens (tertiary/aromatic N) is 2. The summed E-state index contributed by atoms with van der Waals surface area (Å²) in [5.41, 5.74) is 6.58. The zero-order chi connectivity index (χ0) is 15.5. The second kappa shape index (κ2) is 5.69. The number of rotatable bonds is 4. The molecule has 2 aromatic carbocycles. The van der Waals surface area contributed by atoms with E-state index < -0.39 is 4.92 Å². The smallest absolute Gasteiger partial charge is 0.269 e. The van der Waals surface area contributed by atoms with Crippen molar-refractivity contribution >= 4 is 28.0 Å². The lowest BCUT2D eigenvalue weighted by Gasteiger charge is -2.02. The number of aromatic amines is 1. The van der Waals surface area contributed by atoms with Crippen LogP contribution in [0.2, 0.25) is 0 Å². The van der Waals surface area contributed by atoms with Crippen molar-refractivity contribution < 1.29 is 4.92 Å². The molecule has 0 radical (unpaired) electrons. The molecule has 2 N–H and O–H groups in total. The lowest BCUT2D eigenvalue weighted by molar-refractivity contribution is -0.384. The largest absolute Gasteiger partial charge is 0.360 e. The summed E-state index contributed by atoms with van der Waals surface area (Å²) in [6.07, 6.45) is 1.92. The molecule has 22 heavy (non-hydrogen) atoms. The highest BCUT2D eigenvalue weighted by Gasteiger charge is 2.06. The average molecular weight is 294 g/mol. The van der Waals surface area contributed by atoms with Gasteiger partial charge < -0.3 is 4.98 Å². The van der Waals surface area contributed by atoms with Crippen LogP contribution in [0.1, 0.15) is 12.5 Å². The van der Waals surface area contributed by atoms with Gasteiger partial charge in [-0.15, -0.1) is 0 Å². The van der Waals surface area contributed by atoms with Crippen molar-refractivity contribution in [2.45, 2.75) is 6.92 Å². The van der Waals surface area contributed by atoms with Gasteiger partial charge in [0.2, 0.25) is 0 Å². The zero-order valence-electron chi connectivity index (χ0n) is 11.9. The van der Waals surface area contributed by atoms with Crippen LogP contribution in [0.4, 0.5) is 11.4 Å². The van der Waals surface area contributed by atoms with E-state index in [1.807, 2.05) is 37.4 Å². The number of H-pyrrole nitrogens is 1. The van der Waals surface area contributed by atoms with Crippen LogP contribution >= 0.6 is 0 Å². The molecule has 0 atom stereocenters. The molecule has 0 fully saturated rings. The molecule has 0 amide bonds. The molecule has 0 spiro atoms. The minimum Gasteiger partial charge on any atom is -0.360 e. The molecule has 0 saturated carbocycles. The molecule has 1 aromatic heterocycles. The monoisotopic (exact) mass is 294 g/mol. The molecular weight excluding hydrogens is 280 g/mol. The summed E-state index contributed by atoms with van der Waals surface area (Å²) in [5.74, 6) is 0. The predicted octanol–water partition coefficient (Wildman–Crippen LogP) is 3.91. The third-order valence-electron chi connectivity index (χ3n) is 3.41. The number of hydrogen-bond donors (Lipinski definition) is 2. The third kappa shape index (κ3) is 2.67. The fourth-order valence-corrected chi connectivity index (χ4v) is 2.24. The number of fused-ring (bicyclic) bond motifs is 1. The van der Waals surface area contributed by atoms with Crippen molar-refractivity contribution in [1.29, 1.82) is 0 Å². The topological polar surface area (TPSA) is 83.3 Å². The van der Waals surface area contributed by atoms with Crippen LogP contribution < -0.4 is 5.43 Å². The Kier molecular flexibility index (Phi) is 3.57. The normalized spacial score (nSPS) is 11.6. The van der Waals surface area contributed by atoms with Crippen LogP contribution in [-0.4, -0.2) is 15.6 Å². The van der Waals surface area contributed by atoms with Crippen LogP contribution in [0.5, 0.6) is 0 Å². The number of nitro benzene ring substituents is 1. The first-order chi connectivity index (χ1) is 10.6. The Morgan fingerprint density at radius 2 is 1.91 bits per heavy atom. The standard InChI is InChI=1S/C16H14N4O2/c1-11(15-10-17-16-5-3-2-4-14(15)16)18-19-12-6-8-13(9-7-12)20(21)22/h2-10,17,19H,1H3/b18-11-. The van der Waals surface area contributed by atoms with E-state index in [-0.39, 0.29) is 5.69 Å². The molecule has 0 bridgehead atoms. The van der Waals surface area contributed by atoms with Gasteiger partial charge in [0.05, 0.1) is 16.3 Å². The summed E-state index contributed by atoms with van der Waals surface area (Å²) in [7, 11) is 0. The fourth-order valence-electron chi connectivity index (χ4n) is 2.24. The summed E-state index contributed by atoms with van der Waals surface area (Å²) in [5, 5.41) is 16.1. The Labute approximate surface area is 126 Å². The molecule has 0 unspecified atom stereocenters. The number of aromatic nitrogens is 1. The van der Waals surface area contributed by atoms with E-state index >= 15 is 0 Å². The van der Waals surface area contributed by atoms with Crippen LogP contribution in [0.15, 0.2) is 59.8 Å². The number of benzene rings is 2. The molecule has 0 aliphatic heterocycles. The Balaban J connectivity index is 1.81. The van der Waals surface area contributed by atoms with Gasteiger partial charge in [0.25, 0.3) is 5.69 Å². The number of nitrogens with one attached hydrogen (secondary N) is 2. The second-order valence-corrected chi connectivity index (χ2v) is 4.86. The minimum absolute atomic E-state index is 0.0582. The first kappa shape index (κ1) is 13.8. The van der Waals surface area contributed by atoms with Gasteiger partial charge in [-0.05, 0) is 25.1 Å². The summed E-state index contributed by atoms with van der Waals surface area (Å²) in [6.45, 7) is 1.91. The van der Waals surface area contributed by atoms with E-state index in [9.17, 15) is 10.1 Å². The fraction of sp³-hybridized carbons (Fsp3) is 0.0625. The highest BCUT2D eigenvalue weighted by Crippen LogP contribution is 2.19. The van der Waals surface area contributed by atoms with Gasteiger partial charge in [-0.3, -0.25) is 15.5 Å². The van der Waals surface area contributed by atoms with Gasteiger partial charge in [-0.25, -0.2) is 0 Å². The Hall–Kier alpha value is -3.15. The molecule has 110 valence electrons. The Morgan fingerprint density at radius 3 is 2.64 bits per heavy atom. The number of hydrazone groups is 1. The van der Waals surface area contributed by atoms with Gasteiger partial charge in [0.15, 0.2) is 0 Å². The molecule has 0 aliphatic carbocycles. The summed E-state index contributed by atoms with van der Waals surface area (Å²) >= 11 is 0. The van der Waals surface area contributed by atoms with Crippen LogP contribution in [0.25, 0.3) is 10.9 Å². The van der Waals surface area contributed by atoms with Gasteiger partial charge in [0, 0.05) is 34.8 Å². The van der Waals surface area contributed by atoms with Crippen LogP contribution in [-0.2, 0) is 0 Å². The number of nitro groups is 1. The number of para-hydroxylation sites is 1. The molecule has 6 heteroatoms. The van der Waals surface area contributed by atoms with Crippen molar-refractivity contribution in [2.75, 3.05) is 5.43 Å². The van der Waals surface area contributed by atoms with Gasteiger partial charge in [0.1, 0.15) is 0 Å². The van der Waals surface area contributed by atoms with Gasteiger partial charge in [-0.2, -0.15) is 5.10 Å². The summed E-state index contributed by atoms with van der Waals surface area (Å²) in [4.78, 5) is 13.4. The van der Waals surface area contributed by atoms with Gasteiger partial charge in [-0.1, -0.05) is 18.2 Å².